The molecule has 5 heterocycles. The maximum Gasteiger partial charge on any atom is 0.291 e. The minimum absolute atomic E-state index is 0.186. The van der Waals surface area contributed by atoms with E-state index in [2.05, 4.69) is 45.6 Å². The topological polar surface area (TPSA) is 48.7 Å². The van der Waals surface area contributed by atoms with Crippen molar-refractivity contribution in [3.8, 4) is 0 Å². The predicted octanol–water partition coefficient (Wildman–Crippen LogP) is 3.01. The molecule has 0 saturated carbocycles. The van der Waals surface area contributed by atoms with E-state index in [4.69, 9.17) is 4.42 Å². The first-order valence-corrected chi connectivity index (χ1v) is 9.42. The molecule has 1 amide bonds. The van der Waals surface area contributed by atoms with Crippen molar-refractivity contribution in [1.29, 1.82) is 0 Å². The predicted molar refractivity (Wildman–Crippen MR) is 99.8 cm³/mol. The highest BCUT2D eigenvalue weighted by molar-refractivity contribution is 5.92. The minimum Gasteiger partial charge on any atom is -0.459 e. The van der Waals surface area contributed by atoms with Gasteiger partial charge in [0.15, 0.2) is 5.76 Å². The van der Waals surface area contributed by atoms with Crippen LogP contribution in [0.2, 0.25) is 0 Å². The fourth-order valence-corrected chi connectivity index (χ4v) is 4.62. The van der Waals surface area contributed by atoms with Crippen LogP contribution in [0.1, 0.15) is 29.0 Å². The summed E-state index contributed by atoms with van der Waals surface area (Å²) in [7, 11) is 0. The van der Waals surface area contributed by atoms with Crippen LogP contribution in [-0.4, -0.2) is 36.5 Å². The van der Waals surface area contributed by atoms with Crippen LogP contribution in [-0.2, 0) is 6.42 Å². The number of nitrogens with zero attached hydrogens (tertiary/aromatic N) is 2. The van der Waals surface area contributed by atoms with Crippen LogP contribution in [0, 0.1) is 5.92 Å². The van der Waals surface area contributed by atoms with Crippen molar-refractivity contribution in [2.75, 3.05) is 24.5 Å². The van der Waals surface area contributed by atoms with Crippen molar-refractivity contribution >= 4 is 11.6 Å². The van der Waals surface area contributed by atoms with Gasteiger partial charge >= 0.3 is 0 Å². The number of hydrogen-bond donors (Lipinski definition) is 1. The van der Waals surface area contributed by atoms with Gasteiger partial charge in [-0.1, -0.05) is 18.2 Å². The summed E-state index contributed by atoms with van der Waals surface area (Å²) in [6.07, 6.45) is 6.95. The third-order valence-corrected chi connectivity index (χ3v) is 5.94. The fourth-order valence-electron chi connectivity index (χ4n) is 4.62. The van der Waals surface area contributed by atoms with Gasteiger partial charge in [0.05, 0.1) is 6.26 Å². The average Bonchev–Trinajstić information content (AvgIpc) is 3.23. The van der Waals surface area contributed by atoms with Gasteiger partial charge in [0.1, 0.15) is 0 Å². The highest BCUT2D eigenvalue weighted by Gasteiger charge is 2.38. The third-order valence-electron chi connectivity index (χ3n) is 5.94. The second-order valence-electron chi connectivity index (χ2n) is 7.50. The number of amides is 1. The van der Waals surface area contributed by atoms with E-state index in [9.17, 15) is 4.79 Å². The molecule has 2 aromatic rings. The Morgan fingerprint density at radius 3 is 2.69 bits per heavy atom. The van der Waals surface area contributed by atoms with Crippen molar-refractivity contribution in [2.24, 2.45) is 5.92 Å². The molecular formula is C21H23N3O2. The van der Waals surface area contributed by atoms with Crippen molar-refractivity contribution in [2.45, 2.75) is 25.3 Å². The lowest BCUT2D eigenvalue weighted by Crippen LogP contribution is -2.57. The molecule has 0 aliphatic carbocycles. The molecule has 26 heavy (non-hydrogen) atoms. The fraction of sp³-hybridized carbons (Fsp3) is 0.381. The van der Waals surface area contributed by atoms with E-state index in [0.29, 0.717) is 11.8 Å². The van der Waals surface area contributed by atoms with Gasteiger partial charge in [0.25, 0.3) is 5.91 Å². The molecule has 6 rings (SSSR count). The lowest BCUT2D eigenvalue weighted by molar-refractivity contribution is 0.0884. The average molecular weight is 349 g/mol. The SMILES string of the molecule is O=C(NC1=CN([C@H]2CN3CCC2CC3)c2ccccc2C1)c1ccco1. The Bertz CT molecular complexity index is 835. The van der Waals surface area contributed by atoms with Gasteiger partial charge in [0, 0.05) is 36.6 Å². The van der Waals surface area contributed by atoms with E-state index in [1.54, 1.807) is 12.1 Å². The zero-order chi connectivity index (χ0) is 17.5. The Kier molecular flexibility index (Phi) is 3.82. The first-order chi connectivity index (χ1) is 12.8. The Hall–Kier alpha value is -2.53. The molecule has 1 aromatic heterocycles. The highest BCUT2D eigenvalue weighted by Crippen LogP contribution is 2.37. The maximum atomic E-state index is 12.4. The molecule has 4 aliphatic rings. The van der Waals surface area contributed by atoms with E-state index >= 15 is 0 Å². The summed E-state index contributed by atoms with van der Waals surface area (Å²) in [4.78, 5) is 17.4. The van der Waals surface area contributed by atoms with Crippen LogP contribution < -0.4 is 10.2 Å². The molecule has 5 heteroatoms. The van der Waals surface area contributed by atoms with Crippen LogP contribution in [0.25, 0.3) is 0 Å². The van der Waals surface area contributed by atoms with Gasteiger partial charge in [-0.2, -0.15) is 0 Å². The quantitative estimate of drug-likeness (QED) is 0.925. The van der Waals surface area contributed by atoms with Crippen LogP contribution in [0.4, 0.5) is 5.69 Å². The largest absolute Gasteiger partial charge is 0.459 e. The van der Waals surface area contributed by atoms with Crippen LogP contribution >= 0.6 is 0 Å². The number of fused-ring (bicyclic) bond motifs is 4. The second-order valence-corrected chi connectivity index (χ2v) is 7.50. The third kappa shape index (κ3) is 2.72. The summed E-state index contributed by atoms with van der Waals surface area (Å²) in [5.74, 6) is 0.887. The van der Waals surface area contributed by atoms with Gasteiger partial charge in [-0.15, -0.1) is 0 Å². The van der Waals surface area contributed by atoms with Crippen molar-refractivity contribution in [3.63, 3.8) is 0 Å². The smallest absolute Gasteiger partial charge is 0.291 e. The molecule has 0 unspecified atom stereocenters. The number of furan rings is 1. The molecule has 3 fully saturated rings. The molecule has 5 nitrogen and oxygen atoms in total. The summed E-state index contributed by atoms with van der Waals surface area (Å²) in [6, 6.07) is 12.5. The molecular weight excluding hydrogens is 326 g/mol. The molecule has 2 bridgehead atoms. The number of carbonyl (C=O) groups is 1. The molecule has 1 N–H and O–H groups in total. The number of para-hydroxylation sites is 1. The van der Waals surface area contributed by atoms with E-state index in [0.717, 1.165) is 24.6 Å². The second kappa shape index (κ2) is 6.32. The first-order valence-electron chi connectivity index (χ1n) is 9.42. The lowest BCUT2D eigenvalue weighted by atomic mass is 9.82. The van der Waals surface area contributed by atoms with E-state index in [1.165, 1.54) is 43.4 Å². The number of carbonyl (C=O) groups excluding carboxylic acids is 1. The molecule has 0 spiro atoms. The van der Waals surface area contributed by atoms with Gasteiger partial charge in [-0.05, 0) is 55.6 Å². The zero-order valence-electron chi connectivity index (χ0n) is 14.7. The number of allylic oxidation sites excluding steroid dienone is 1. The monoisotopic (exact) mass is 349 g/mol. The van der Waals surface area contributed by atoms with Gasteiger partial charge in [-0.3, -0.25) is 4.79 Å². The van der Waals surface area contributed by atoms with Crippen molar-refractivity contribution in [3.05, 3.63) is 65.9 Å². The number of benzene rings is 1. The van der Waals surface area contributed by atoms with Gasteiger partial charge in [-0.25, -0.2) is 0 Å². The molecule has 1 atom stereocenters. The molecule has 134 valence electrons. The Morgan fingerprint density at radius 2 is 1.96 bits per heavy atom. The summed E-state index contributed by atoms with van der Waals surface area (Å²) in [5, 5.41) is 3.05. The summed E-state index contributed by atoms with van der Waals surface area (Å²) >= 11 is 0. The number of hydrogen-bond acceptors (Lipinski definition) is 4. The standard InChI is InChI=1S/C21H23N3O2/c25-21(20-6-3-11-26-20)22-17-12-16-4-1-2-5-18(16)24(13-17)19-14-23-9-7-15(19)8-10-23/h1-6,11,13,15,19H,7-10,12,14H2,(H,22,25)/t19-/m0/s1. The van der Waals surface area contributed by atoms with E-state index in [-0.39, 0.29) is 5.91 Å². The number of anilines is 1. The van der Waals surface area contributed by atoms with E-state index < -0.39 is 0 Å². The summed E-state index contributed by atoms with van der Waals surface area (Å²) in [5.41, 5.74) is 3.48. The number of piperidine rings is 3. The molecule has 4 aliphatic heterocycles. The lowest BCUT2D eigenvalue weighted by Gasteiger charge is -2.50. The Morgan fingerprint density at radius 1 is 1.12 bits per heavy atom. The van der Waals surface area contributed by atoms with Crippen LogP contribution in [0.5, 0.6) is 0 Å². The highest BCUT2D eigenvalue weighted by atomic mass is 16.3. The zero-order valence-corrected chi connectivity index (χ0v) is 14.7. The maximum absolute atomic E-state index is 12.4. The normalized spacial score (nSPS) is 27.0. The van der Waals surface area contributed by atoms with Gasteiger partial charge in [0.2, 0.25) is 0 Å². The first kappa shape index (κ1) is 15.7. The molecule has 0 radical (unpaired) electrons. The van der Waals surface area contributed by atoms with E-state index in [1.807, 2.05) is 0 Å². The van der Waals surface area contributed by atoms with Crippen LogP contribution in [0.3, 0.4) is 0 Å². The minimum atomic E-state index is -0.186. The molecule has 3 saturated heterocycles. The van der Waals surface area contributed by atoms with Crippen molar-refractivity contribution < 1.29 is 9.21 Å². The number of nitrogens with one attached hydrogen (secondary N) is 1. The molecule has 1 aromatic carbocycles. The Balaban J connectivity index is 1.45. The summed E-state index contributed by atoms with van der Waals surface area (Å²) in [6.45, 7) is 3.56. The Labute approximate surface area is 153 Å². The van der Waals surface area contributed by atoms with Gasteiger partial charge < -0.3 is 19.5 Å². The van der Waals surface area contributed by atoms with Crippen LogP contribution in [0.15, 0.2) is 59.0 Å². The number of rotatable bonds is 3. The summed E-state index contributed by atoms with van der Waals surface area (Å²) < 4.78 is 5.23. The van der Waals surface area contributed by atoms with Crippen molar-refractivity contribution in [1.82, 2.24) is 10.2 Å².